The molecule has 3 nitrogen and oxygen atoms in total. The average Bonchev–Trinajstić information content (AvgIpc) is 2.40. The van der Waals surface area contributed by atoms with Crippen LogP contribution in [0.5, 0.6) is 5.75 Å². The molecule has 0 saturated carbocycles. The molecule has 2 heterocycles. The van der Waals surface area contributed by atoms with Gasteiger partial charge in [0.1, 0.15) is 5.82 Å². The minimum atomic E-state index is -0.623. The summed E-state index contributed by atoms with van der Waals surface area (Å²) in [6, 6.07) is 2.80. The summed E-state index contributed by atoms with van der Waals surface area (Å²) in [6.07, 6.45) is 2.48. The van der Waals surface area contributed by atoms with Crippen molar-refractivity contribution in [2.45, 2.75) is 18.5 Å². The number of fused-ring (bicyclic) bond motifs is 2. The second-order valence-corrected chi connectivity index (χ2v) is 5.26. The Morgan fingerprint density at radius 3 is 2.80 bits per heavy atom. The zero-order chi connectivity index (χ0) is 14.3. The van der Waals surface area contributed by atoms with Crippen molar-refractivity contribution < 1.29 is 18.3 Å². The Bertz CT molecular complexity index is 559. The fourth-order valence-corrected chi connectivity index (χ4v) is 2.92. The van der Waals surface area contributed by atoms with Crippen molar-refractivity contribution >= 4 is 5.57 Å². The van der Waals surface area contributed by atoms with Crippen LogP contribution in [0.4, 0.5) is 8.78 Å². The Hall–Kier alpha value is -1.46. The molecule has 0 N–H and O–H groups in total. The predicted molar refractivity (Wildman–Crippen MR) is 71.7 cm³/mol. The van der Waals surface area contributed by atoms with E-state index in [0.717, 1.165) is 0 Å². The zero-order valence-corrected chi connectivity index (χ0v) is 11.5. The summed E-state index contributed by atoms with van der Waals surface area (Å²) < 4.78 is 38.8. The monoisotopic (exact) mass is 281 g/mol. The normalized spacial score (nSPS) is 26.3. The lowest BCUT2D eigenvalue weighted by molar-refractivity contribution is -0.0222. The Kier molecular flexibility index (Phi) is 3.48. The molecule has 2 aliphatic heterocycles. The van der Waals surface area contributed by atoms with Crippen LogP contribution in [0.3, 0.4) is 0 Å². The van der Waals surface area contributed by atoms with Crippen LogP contribution in [-0.4, -0.2) is 44.4 Å². The van der Waals surface area contributed by atoms with Crippen LogP contribution in [0.25, 0.3) is 5.57 Å². The molecule has 1 saturated heterocycles. The lowest BCUT2D eigenvalue weighted by Gasteiger charge is -2.42. The maximum atomic E-state index is 14.3. The van der Waals surface area contributed by atoms with Crippen molar-refractivity contribution in [1.82, 2.24) is 4.90 Å². The van der Waals surface area contributed by atoms with Crippen LogP contribution in [0.15, 0.2) is 18.2 Å². The van der Waals surface area contributed by atoms with Crippen molar-refractivity contribution in [2.75, 3.05) is 27.4 Å². The highest BCUT2D eigenvalue weighted by molar-refractivity contribution is 5.70. The Balaban J connectivity index is 2.05. The molecular formula is C15H17F2NO2. The van der Waals surface area contributed by atoms with E-state index < -0.39 is 11.6 Å². The molecule has 2 bridgehead atoms. The highest BCUT2D eigenvalue weighted by Gasteiger charge is 2.34. The molecule has 108 valence electrons. The van der Waals surface area contributed by atoms with Gasteiger partial charge in [-0.1, -0.05) is 6.08 Å². The fourth-order valence-electron chi connectivity index (χ4n) is 2.92. The van der Waals surface area contributed by atoms with E-state index in [0.29, 0.717) is 25.2 Å². The van der Waals surface area contributed by atoms with Crippen LogP contribution in [0.1, 0.15) is 12.0 Å². The number of nitrogens with zero attached hydrogens (tertiary/aromatic N) is 1. The van der Waals surface area contributed by atoms with E-state index in [1.165, 1.54) is 19.2 Å². The first kappa shape index (κ1) is 13.5. The van der Waals surface area contributed by atoms with Gasteiger partial charge in [-0.25, -0.2) is 8.78 Å². The molecule has 0 radical (unpaired) electrons. The number of halogens is 2. The van der Waals surface area contributed by atoms with E-state index in [1.54, 1.807) is 0 Å². The van der Waals surface area contributed by atoms with Gasteiger partial charge in [0, 0.05) is 6.04 Å². The van der Waals surface area contributed by atoms with Crippen LogP contribution in [0.2, 0.25) is 0 Å². The van der Waals surface area contributed by atoms with Crippen molar-refractivity contribution in [3.63, 3.8) is 0 Å². The molecule has 5 heteroatoms. The fraction of sp³-hybridized carbons (Fsp3) is 0.467. The first-order chi connectivity index (χ1) is 9.61. The van der Waals surface area contributed by atoms with Gasteiger partial charge in [0.2, 0.25) is 0 Å². The van der Waals surface area contributed by atoms with Gasteiger partial charge in [-0.3, -0.25) is 4.90 Å². The van der Waals surface area contributed by atoms with Crippen LogP contribution < -0.4 is 4.74 Å². The standard InChI is InChI=1S/C15H17F2NO2/c1-18-10-5-9(6-11(18)8-20-7-10)14-12(16)3-4-13(19-2)15(14)17/h3-5,10-11H,6-8H2,1-2H3. The third-order valence-corrected chi connectivity index (χ3v) is 4.14. The van der Waals surface area contributed by atoms with Gasteiger partial charge >= 0.3 is 0 Å². The van der Waals surface area contributed by atoms with Crippen molar-refractivity contribution in [3.8, 4) is 5.75 Å². The molecule has 3 rings (SSSR count). The lowest BCUT2D eigenvalue weighted by atomic mass is 9.89. The molecule has 0 amide bonds. The van der Waals surface area contributed by atoms with Gasteiger partial charge in [0.05, 0.1) is 31.9 Å². The van der Waals surface area contributed by atoms with Gasteiger partial charge in [0.15, 0.2) is 11.6 Å². The summed E-state index contributed by atoms with van der Waals surface area (Å²) in [5.41, 5.74) is 0.740. The third-order valence-electron chi connectivity index (χ3n) is 4.14. The molecule has 1 fully saturated rings. The number of hydrogen-bond acceptors (Lipinski definition) is 3. The number of hydrogen-bond donors (Lipinski definition) is 0. The molecule has 2 unspecified atom stereocenters. The number of ether oxygens (including phenoxy) is 2. The molecule has 2 aliphatic rings. The summed E-state index contributed by atoms with van der Waals surface area (Å²) >= 11 is 0. The van der Waals surface area contributed by atoms with Gasteiger partial charge < -0.3 is 9.47 Å². The van der Waals surface area contributed by atoms with E-state index in [9.17, 15) is 8.78 Å². The van der Waals surface area contributed by atoms with Crippen molar-refractivity contribution in [2.24, 2.45) is 0 Å². The minimum absolute atomic E-state index is 0.0364. The molecular weight excluding hydrogens is 264 g/mol. The van der Waals surface area contributed by atoms with Crippen molar-refractivity contribution in [1.29, 1.82) is 0 Å². The molecule has 1 aromatic carbocycles. The topological polar surface area (TPSA) is 21.7 Å². The molecule has 20 heavy (non-hydrogen) atoms. The van der Waals surface area contributed by atoms with Crippen LogP contribution >= 0.6 is 0 Å². The van der Waals surface area contributed by atoms with E-state index in [-0.39, 0.29) is 23.4 Å². The Labute approximate surface area is 116 Å². The van der Waals surface area contributed by atoms with Crippen molar-refractivity contribution in [3.05, 3.63) is 35.4 Å². The number of rotatable bonds is 2. The molecule has 0 spiro atoms. The lowest BCUT2D eigenvalue weighted by Crippen LogP contribution is -2.51. The largest absolute Gasteiger partial charge is 0.494 e. The second kappa shape index (κ2) is 5.14. The number of methoxy groups -OCH3 is 1. The Morgan fingerprint density at radius 2 is 2.10 bits per heavy atom. The predicted octanol–water partition coefficient (Wildman–Crippen LogP) is 2.46. The SMILES string of the molecule is COc1ccc(F)c(C2=CC3COCC(C2)N3C)c1F. The summed E-state index contributed by atoms with van der Waals surface area (Å²) in [5.74, 6) is -1.09. The average molecular weight is 281 g/mol. The van der Waals surface area contributed by atoms with Crippen LogP contribution in [0, 0.1) is 11.6 Å². The summed E-state index contributed by atoms with van der Waals surface area (Å²) in [7, 11) is 3.40. The first-order valence-corrected chi connectivity index (χ1v) is 6.64. The van der Waals surface area contributed by atoms with E-state index in [2.05, 4.69) is 4.90 Å². The van der Waals surface area contributed by atoms with Gasteiger partial charge in [-0.05, 0) is 31.2 Å². The molecule has 0 aromatic heterocycles. The van der Waals surface area contributed by atoms with E-state index in [1.807, 2.05) is 13.1 Å². The number of benzene rings is 1. The van der Waals surface area contributed by atoms with Crippen LogP contribution in [-0.2, 0) is 4.74 Å². The summed E-state index contributed by atoms with van der Waals surface area (Å²) in [4.78, 5) is 2.20. The summed E-state index contributed by atoms with van der Waals surface area (Å²) in [5, 5.41) is 0. The summed E-state index contributed by atoms with van der Waals surface area (Å²) in [6.45, 7) is 1.15. The van der Waals surface area contributed by atoms with Gasteiger partial charge in [0.25, 0.3) is 0 Å². The Morgan fingerprint density at radius 1 is 1.30 bits per heavy atom. The quantitative estimate of drug-likeness (QED) is 0.831. The maximum Gasteiger partial charge on any atom is 0.175 e. The van der Waals surface area contributed by atoms with E-state index in [4.69, 9.17) is 9.47 Å². The maximum absolute atomic E-state index is 14.3. The molecule has 1 aromatic rings. The highest BCUT2D eigenvalue weighted by Crippen LogP contribution is 2.36. The first-order valence-electron chi connectivity index (χ1n) is 6.64. The minimum Gasteiger partial charge on any atom is -0.494 e. The second-order valence-electron chi connectivity index (χ2n) is 5.26. The molecule has 0 aliphatic carbocycles. The molecule has 2 atom stereocenters. The van der Waals surface area contributed by atoms with Gasteiger partial charge in [-0.15, -0.1) is 0 Å². The highest BCUT2D eigenvalue weighted by atomic mass is 19.1. The zero-order valence-electron chi connectivity index (χ0n) is 11.5. The van der Waals surface area contributed by atoms with Gasteiger partial charge in [-0.2, -0.15) is 0 Å². The number of morpholine rings is 1. The smallest absolute Gasteiger partial charge is 0.175 e. The number of likely N-dealkylation sites (N-methyl/N-ethyl adjacent to an activating group) is 1. The third kappa shape index (κ3) is 2.11. The van der Waals surface area contributed by atoms with E-state index >= 15 is 0 Å².